The van der Waals surface area contributed by atoms with Crippen molar-refractivity contribution in [2.75, 3.05) is 0 Å². The number of nitrogens with two attached hydrogens (primary N) is 1. The molecule has 0 spiro atoms. The van der Waals surface area contributed by atoms with Crippen LogP contribution in [0.4, 0.5) is 8.78 Å². The number of hydrogen-bond donors (Lipinski definition) is 3. The number of ketones is 1. The van der Waals surface area contributed by atoms with Gasteiger partial charge in [-0.2, -0.15) is 0 Å². The summed E-state index contributed by atoms with van der Waals surface area (Å²) in [5.74, 6) is -1.66. The second kappa shape index (κ2) is 16.3. The molecule has 0 heterocycles. The van der Waals surface area contributed by atoms with Crippen LogP contribution in [-0.2, 0) is 4.79 Å². The first kappa shape index (κ1) is 25.1. The summed E-state index contributed by atoms with van der Waals surface area (Å²) in [5.41, 5.74) is 5.44. The molecule has 0 fully saturated rings. The molecular formula is C20H37F2NO3. The highest BCUT2D eigenvalue weighted by atomic mass is 19.3. The highest BCUT2D eigenvalue weighted by Gasteiger charge is 2.32. The summed E-state index contributed by atoms with van der Waals surface area (Å²) in [6, 6.07) is -1.44. The Hall–Kier alpha value is -0.850. The lowest BCUT2D eigenvalue weighted by Gasteiger charge is -2.20. The van der Waals surface area contributed by atoms with Crippen molar-refractivity contribution in [3.05, 3.63) is 12.2 Å². The van der Waals surface area contributed by atoms with Crippen molar-refractivity contribution in [3.63, 3.8) is 0 Å². The average molecular weight is 378 g/mol. The fourth-order valence-electron chi connectivity index (χ4n) is 2.80. The van der Waals surface area contributed by atoms with Crippen molar-refractivity contribution < 1.29 is 23.8 Å². The van der Waals surface area contributed by atoms with E-state index in [9.17, 15) is 23.8 Å². The van der Waals surface area contributed by atoms with Crippen LogP contribution in [0.2, 0.25) is 0 Å². The lowest BCUT2D eigenvalue weighted by atomic mass is 10.0. The topological polar surface area (TPSA) is 83.6 Å². The number of hydrogen-bond acceptors (Lipinski definition) is 4. The summed E-state index contributed by atoms with van der Waals surface area (Å²) < 4.78 is 24.4. The van der Waals surface area contributed by atoms with E-state index in [2.05, 4.69) is 6.92 Å². The standard InChI is InChI=1S/C20H37F2NO3/c1-2-3-4-5-6-7-8-9-10-11-12-13-14-15-16(24)17(23)18(25)19(26)20(21)22/h14-18,20,24-25H,2-13,23H2,1H3/b15-14+/t16-,17-,18?/m1/s1. The van der Waals surface area contributed by atoms with Crippen LogP contribution in [0.3, 0.4) is 0 Å². The average Bonchev–Trinajstić information content (AvgIpc) is 2.63. The number of carbonyl (C=O) groups is 1. The number of carbonyl (C=O) groups excluding carboxylic acids is 1. The van der Waals surface area contributed by atoms with Crippen molar-refractivity contribution in [1.82, 2.24) is 0 Å². The minimum absolute atomic E-state index is 0.750. The van der Waals surface area contributed by atoms with Crippen LogP contribution in [0.1, 0.15) is 84.0 Å². The van der Waals surface area contributed by atoms with E-state index in [1.54, 1.807) is 6.08 Å². The molecule has 3 atom stereocenters. The Labute approximate surface area is 156 Å². The van der Waals surface area contributed by atoms with Crippen LogP contribution in [-0.4, -0.2) is 40.7 Å². The number of aliphatic hydroxyl groups excluding tert-OH is 2. The Balaban J connectivity index is 3.64. The first-order chi connectivity index (χ1) is 12.4. The van der Waals surface area contributed by atoms with E-state index in [1.807, 2.05) is 0 Å². The monoisotopic (exact) mass is 377 g/mol. The molecule has 1 unspecified atom stereocenters. The maximum Gasteiger partial charge on any atom is 0.298 e. The Morgan fingerprint density at radius 3 is 1.85 bits per heavy atom. The number of unbranched alkanes of at least 4 members (excludes halogenated alkanes) is 11. The highest BCUT2D eigenvalue weighted by molar-refractivity contribution is 5.86. The molecule has 0 saturated carbocycles. The number of alkyl halides is 2. The Kier molecular flexibility index (Phi) is 15.8. The summed E-state index contributed by atoms with van der Waals surface area (Å²) in [4.78, 5) is 11.0. The minimum atomic E-state index is -3.29. The van der Waals surface area contributed by atoms with Gasteiger partial charge in [0.05, 0.1) is 12.1 Å². The van der Waals surface area contributed by atoms with Crippen LogP contribution in [0, 0.1) is 0 Å². The van der Waals surface area contributed by atoms with Crippen LogP contribution in [0.5, 0.6) is 0 Å². The summed E-state index contributed by atoms with van der Waals surface area (Å²) in [6.07, 6.45) is 10.9. The lowest BCUT2D eigenvalue weighted by Crippen LogP contribution is -2.49. The van der Waals surface area contributed by atoms with Gasteiger partial charge in [0.1, 0.15) is 6.10 Å². The van der Waals surface area contributed by atoms with Gasteiger partial charge in [-0.3, -0.25) is 4.79 Å². The van der Waals surface area contributed by atoms with Gasteiger partial charge in [0.15, 0.2) is 0 Å². The molecule has 0 aromatic heterocycles. The largest absolute Gasteiger partial charge is 0.387 e. The van der Waals surface area contributed by atoms with Crippen LogP contribution in [0.15, 0.2) is 12.2 Å². The summed E-state index contributed by atoms with van der Waals surface area (Å²) in [7, 11) is 0. The molecule has 0 aromatic rings. The summed E-state index contributed by atoms with van der Waals surface area (Å²) in [5, 5.41) is 19.1. The van der Waals surface area contributed by atoms with Crippen molar-refractivity contribution in [3.8, 4) is 0 Å². The molecule has 0 aliphatic rings. The predicted molar refractivity (Wildman–Crippen MR) is 101 cm³/mol. The van der Waals surface area contributed by atoms with Crippen molar-refractivity contribution in [2.45, 2.75) is 109 Å². The molecule has 0 amide bonds. The van der Waals surface area contributed by atoms with Gasteiger partial charge in [-0.05, 0) is 12.8 Å². The van der Waals surface area contributed by atoms with E-state index in [-0.39, 0.29) is 0 Å². The van der Waals surface area contributed by atoms with Crippen LogP contribution < -0.4 is 5.73 Å². The van der Waals surface area contributed by atoms with E-state index in [0.29, 0.717) is 0 Å². The lowest BCUT2D eigenvalue weighted by molar-refractivity contribution is -0.140. The SMILES string of the molecule is CCCCCCCCCCCCC/C=C/[C@@H](O)[C@@H](N)C(O)C(=O)C(F)F. The molecule has 0 radical (unpaired) electrons. The Morgan fingerprint density at radius 1 is 0.923 bits per heavy atom. The third-order valence-corrected chi connectivity index (χ3v) is 4.57. The molecule has 0 aromatic carbocycles. The zero-order valence-corrected chi connectivity index (χ0v) is 16.1. The highest BCUT2D eigenvalue weighted by Crippen LogP contribution is 2.12. The van der Waals surface area contributed by atoms with Gasteiger partial charge in [0.2, 0.25) is 5.78 Å². The number of Topliss-reactive ketones (excluding diaryl/α,β-unsaturated/α-hetero) is 1. The van der Waals surface area contributed by atoms with Gasteiger partial charge in [-0.25, -0.2) is 8.78 Å². The number of allylic oxidation sites excluding steroid dienone is 1. The normalized spacial score (nSPS) is 15.5. The van der Waals surface area contributed by atoms with Crippen LogP contribution in [0.25, 0.3) is 0 Å². The third-order valence-electron chi connectivity index (χ3n) is 4.57. The smallest absolute Gasteiger partial charge is 0.298 e. The van der Waals surface area contributed by atoms with Gasteiger partial charge >= 0.3 is 0 Å². The molecule has 0 bridgehead atoms. The zero-order chi connectivity index (χ0) is 19.8. The fraction of sp³-hybridized carbons (Fsp3) is 0.850. The Bertz CT molecular complexity index is 378. The van der Waals surface area contributed by atoms with E-state index in [1.165, 1.54) is 63.9 Å². The van der Waals surface area contributed by atoms with E-state index in [4.69, 9.17) is 5.73 Å². The van der Waals surface area contributed by atoms with Crippen LogP contribution >= 0.6 is 0 Å². The van der Waals surface area contributed by atoms with Gasteiger partial charge in [-0.15, -0.1) is 0 Å². The quantitative estimate of drug-likeness (QED) is 0.263. The van der Waals surface area contributed by atoms with E-state index < -0.39 is 30.5 Å². The van der Waals surface area contributed by atoms with Gasteiger partial charge in [-0.1, -0.05) is 83.3 Å². The second-order valence-corrected chi connectivity index (χ2v) is 6.97. The molecule has 154 valence electrons. The van der Waals surface area contributed by atoms with Gasteiger partial charge in [0, 0.05) is 0 Å². The molecule has 0 rings (SSSR count). The molecule has 0 aliphatic carbocycles. The van der Waals surface area contributed by atoms with E-state index in [0.717, 1.165) is 19.3 Å². The zero-order valence-electron chi connectivity index (χ0n) is 16.1. The summed E-state index contributed by atoms with van der Waals surface area (Å²) in [6.45, 7) is 2.22. The molecule has 4 nitrogen and oxygen atoms in total. The molecule has 26 heavy (non-hydrogen) atoms. The van der Waals surface area contributed by atoms with Crippen molar-refractivity contribution in [1.29, 1.82) is 0 Å². The minimum Gasteiger partial charge on any atom is -0.387 e. The fourth-order valence-corrected chi connectivity index (χ4v) is 2.80. The molecule has 4 N–H and O–H groups in total. The van der Waals surface area contributed by atoms with Gasteiger partial charge in [0.25, 0.3) is 6.43 Å². The maximum absolute atomic E-state index is 12.2. The third kappa shape index (κ3) is 12.5. The molecule has 6 heteroatoms. The van der Waals surface area contributed by atoms with Gasteiger partial charge < -0.3 is 15.9 Å². The second-order valence-electron chi connectivity index (χ2n) is 6.97. The number of aliphatic hydroxyl groups is 2. The predicted octanol–water partition coefficient (Wildman–Crippen LogP) is 4.13. The van der Waals surface area contributed by atoms with Crippen molar-refractivity contribution in [2.24, 2.45) is 5.73 Å². The van der Waals surface area contributed by atoms with E-state index >= 15 is 0 Å². The number of halogens is 2. The van der Waals surface area contributed by atoms with Crippen molar-refractivity contribution >= 4 is 5.78 Å². The molecule has 0 aliphatic heterocycles. The molecule has 0 saturated heterocycles. The maximum atomic E-state index is 12.2. The first-order valence-electron chi connectivity index (χ1n) is 10.0. The molecular weight excluding hydrogens is 340 g/mol. The summed E-state index contributed by atoms with van der Waals surface area (Å²) >= 11 is 0. The Morgan fingerprint density at radius 2 is 1.38 bits per heavy atom. The number of rotatable bonds is 17. The first-order valence-corrected chi connectivity index (χ1v) is 10.0.